The lowest BCUT2D eigenvalue weighted by molar-refractivity contribution is 0.0514. The number of hydrogen-bond acceptors (Lipinski definition) is 2. The van der Waals surface area contributed by atoms with Gasteiger partial charge in [-0.3, -0.25) is 0 Å². The Kier molecular flexibility index (Phi) is 7.02. The minimum absolute atomic E-state index is 0.113. The minimum Gasteiger partial charge on any atom is -0.444 e. The lowest BCUT2D eigenvalue weighted by Gasteiger charge is -2.22. The number of alkyl carbamates (subject to hydrolysis) is 1. The summed E-state index contributed by atoms with van der Waals surface area (Å²) in [6, 6.07) is 18.5. The molecule has 0 aliphatic carbocycles. The second-order valence-electron chi connectivity index (χ2n) is 7.56. The van der Waals surface area contributed by atoms with Gasteiger partial charge in [0.2, 0.25) is 0 Å². The van der Waals surface area contributed by atoms with Gasteiger partial charge in [0.05, 0.1) is 6.04 Å². The first-order valence-electron chi connectivity index (χ1n) is 9.07. The van der Waals surface area contributed by atoms with Crippen LogP contribution in [0.25, 0.3) is 0 Å². The molecule has 3 nitrogen and oxygen atoms in total. The summed E-state index contributed by atoms with van der Waals surface area (Å²) in [7, 11) is 0. The SMILES string of the molecule is Cc1ccc(C/C=C/C(Cc2ccccc2)NC(=O)OC(C)(C)C)cc1. The van der Waals surface area contributed by atoms with Crippen LogP contribution >= 0.6 is 0 Å². The third-order valence-electron chi connectivity index (χ3n) is 3.84. The number of ether oxygens (including phenoxy) is 1. The summed E-state index contributed by atoms with van der Waals surface area (Å²) in [5.74, 6) is 0. The second-order valence-corrected chi connectivity index (χ2v) is 7.56. The molecule has 3 heteroatoms. The van der Waals surface area contributed by atoms with E-state index in [4.69, 9.17) is 4.74 Å². The Labute approximate surface area is 157 Å². The van der Waals surface area contributed by atoms with Crippen LogP contribution in [0.5, 0.6) is 0 Å². The Morgan fingerprint density at radius 1 is 1.04 bits per heavy atom. The van der Waals surface area contributed by atoms with E-state index in [0.29, 0.717) is 0 Å². The van der Waals surface area contributed by atoms with Gasteiger partial charge in [0.25, 0.3) is 0 Å². The highest BCUT2D eigenvalue weighted by atomic mass is 16.6. The fourth-order valence-corrected chi connectivity index (χ4v) is 2.59. The average Bonchev–Trinajstić information content (AvgIpc) is 2.56. The van der Waals surface area contributed by atoms with E-state index in [2.05, 4.69) is 60.8 Å². The summed E-state index contributed by atoms with van der Waals surface area (Å²) in [5, 5.41) is 2.97. The lowest BCUT2D eigenvalue weighted by atomic mass is 10.0. The number of hydrogen-bond donors (Lipinski definition) is 1. The topological polar surface area (TPSA) is 38.3 Å². The molecule has 1 N–H and O–H groups in total. The Morgan fingerprint density at radius 2 is 1.69 bits per heavy atom. The molecule has 1 atom stereocenters. The van der Waals surface area contributed by atoms with Gasteiger partial charge in [-0.2, -0.15) is 0 Å². The molecule has 2 aromatic carbocycles. The number of rotatable bonds is 6. The van der Waals surface area contributed by atoms with Gasteiger partial charge in [-0.25, -0.2) is 4.79 Å². The van der Waals surface area contributed by atoms with E-state index in [1.54, 1.807) is 0 Å². The van der Waals surface area contributed by atoms with Crippen molar-refractivity contribution in [3.8, 4) is 0 Å². The standard InChI is InChI=1S/C23H29NO2/c1-18-13-15-19(16-14-18)11-8-12-21(17-20-9-6-5-7-10-20)24-22(25)26-23(2,3)4/h5-10,12-16,21H,11,17H2,1-4H3,(H,24,25)/b12-8+. The van der Waals surface area contributed by atoms with Crippen molar-refractivity contribution >= 4 is 6.09 Å². The van der Waals surface area contributed by atoms with Gasteiger partial charge in [0, 0.05) is 0 Å². The Morgan fingerprint density at radius 3 is 2.31 bits per heavy atom. The van der Waals surface area contributed by atoms with Crippen molar-refractivity contribution in [3.05, 3.63) is 83.4 Å². The van der Waals surface area contributed by atoms with E-state index in [1.165, 1.54) is 16.7 Å². The Hall–Kier alpha value is -2.55. The number of amides is 1. The number of aryl methyl sites for hydroxylation is 1. The summed E-state index contributed by atoms with van der Waals surface area (Å²) in [6.45, 7) is 7.68. The molecule has 0 saturated carbocycles. The van der Waals surface area contributed by atoms with Gasteiger partial charge >= 0.3 is 6.09 Å². The number of nitrogens with one attached hydrogen (secondary N) is 1. The van der Waals surface area contributed by atoms with Crippen LogP contribution in [0, 0.1) is 6.92 Å². The molecule has 1 amide bonds. The Bertz CT molecular complexity index is 712. The number of carbonyl (C=O) groups is 1. The normalized spacial score (nSPS) is 12.8. The molecular weight excluding hydrogens is 322 g/mol. The second kappa shape index (κ2) is 9.23. The van der Waals surface area contributed by atoms with Crippen LogP contribution < -0.4 is 5.32 Å². The molecule has 26 heavy (non-hydrogen) atoms. The third-order valence-corrected chi connectivity index (χ3v) is 3.84. The van der Waals surface area contributed by atoms with Crippen LogP contribution in [0.15, 0.2) is 66.7 Å². The van der Waals surface area contributed by atoms with Crippen LogP contribution in [0.2, 0.25) is 0 Å². The van der Waals surface area contributed by atoms with Crippen LogP contribution in [0.3, 0.4) is 0 Å². The molecule has 2 aromatic rings. The highest BCUT2D eigenvalue weighted by molar-refractivity contribution is 5.68. The maximum atomic E-state index is 12.2. The van der Waals surface area contributed by atoms with E-state index < -0.39 is 11.7 Å². The van der Waals surface area contributed by atoms with Crippen LogP contribution in [0.1, 0.15) is 37.5 Å². The molecular formula is C23H29NO2. The van der Waals surface area contributed by atoms with Gasteiger partial charge in [-0.05, 0) is 51.7 Å². The molecule has 0 fully saturated rings. The first-order chi connectivity index (χ1) is 12.3. The zero-order valence-electron chi connectivity index (χ0n) is 16.2. The zero-order valence-corrected chi connectivity index (χ0v) is 16.2. The van der Waals surface area contributed by atoms with Crippen LogP contribution in [-0.4, -0.2) is 17.7 Å². The molecule has 0 bridgehead atoms. The first-order valence-corrected chi connectivity index (χ1v) is 9.07. The molecule has 0 aromatic heterocycles. The fraction of sp³-hybridized carbons (Fsp3) is 0.348. The number of allylic oxidation sites excluding steroid dienone is 1. The third kappa shape index (κ3) is 7.56. The number of carbonyl (C=O) groups excluding carboxylic acids is 1. The molecule has 138 valence electrons. The van der Waals surface area contributed by atoms with Crippen LogP contribution in [-0.2, 0) is 17.6 Å². The van der Waals surface area contributed by atoms with E-state index in [-0.39, 0.29) is 6.04 Å². The summed E-state index contributed by atoms with van der Waals surface area (Å²) in [4.78, 5) is 12.2. The summed E-state index contributed by atoms with van der Waals surface area (Å²) in [5.41, 5.74) is 3.18. The van der Waals surface area contributed by atoms with Gasteiger partial charge in [-0.1, -0.05) is 72.3 Å². The fourth-order valence-electron chi connectivity index (χ4n) is 2.59. The van der Waals surface area contributed by atoms with Crippen molar-refractivity contribution in [2.75, 3.05) is 0 Å². The van der Waals surface area contributed by atoms with E-state index in [0.717, 1.165) is 12.8 Å². The van der Waals surface area contributed by atoms with Gasteiger partial charge in [0.1, 0.15) is 5.60 Å². The minimum atomic E-state index is -0.507. The maximum Gasteiger partial charge on any atom is 0.408 e. The lowest BCUT2D eigenvalue weighted by Crippen LogP contribution is -2.39. The van der Waals surface area contributed by atoms with E-state index >= 15 is 0 Å². The molecule has 0 heterocycles. The van der Waals surface area contributed by atoms with Crippen LogP contribution in [0.4, 0.5) is 4.79 Å². The predicted molar refractivity (Wildman–Crippen MR) is 107 cm³/mol. The van der Waals surface area contributed by atoms with Crippen molar-refractivity contribution in [1.29, 1.82) is 0 Å². The van der Waals surface area contributed by atoms with Crippen molar-refractivity contribution in [2.45, 2.75) is 52.2 Å². The molecule has 1 unspecified atom stereocenters. The highest BCUT2D eigenvalue weighted by Gasteiger charge is 2.18. The largest absolute Gasteiger partial charge is 0.444 e. The van der Waals surface area contributed by atoms with Gasteiger partial charge in [0.15, 0.2) is 0 Å². The predicted octanol–water partition coefficient (Wildman–Crippen LogP) is 5.23. The smallest absolute Gasteiger partial charge is 0.408 e. The first kappa shape index (κ1) is 19.8. The van der Waals surface area contributed by atoms with Gasteiger partial charge in [-0.15, -0.1) is 0 Å². The Balaban J connectivity index is 2.02. The number of benzene rings is 2. The summed E-state index contributed by atoms with van der Waals surface area (Å²) < 4.78 is 5.40. The molecule has 2 rings (SSSR count). The highest BCUT2D eigenvalue weighted by Crippen LogP contribution is 2.10. The molecule has 0 aliphatic rings. The van der Waals surface area contributed by atoms with E-state index in [1.807, 2.05) is 39.0 Å². The van der Waals surface area contributed by atoms with Gasteiger partial charge < -0.3 is 10.1 Å². The van der Waals surface area contributed by atoms with Crippen molar-refractivity contribution in [1.82, 2.24) is 5.32 Å². The molecule has 0 aliphatic heterocycles. The maximum absolute atomic E-state index is 12.2. The quantitative estimate of drug-likeness (QED) is 0.724. The summed E-state index contributed by atoms with van der Waals surface area (Å²) >= 11 is 0. The summed E-state index contributed by atoms with van der Waals surface area (Å²) in [6.07, 6.45) is 5.33. The average molecular weight is 351 g/mol. The van der Waals surface area contributed by atoms with Crippen molar-refractivity contribution in [2.24, 2.45) is 0 Å². The zero-order chi connectivity index (χ0) is 19.0. The molecule has 0 saturated heterocycles. The molecule has 0 radical (unpaired) electrons. The van der Waals surface area contributed by atoms with Crippen molar-refractivity contribution < 1.29 is 9.53 Å². The van der Waals surface area contributed by atoms with Crippen molar-refractivity contribution in [3.63, 3.8) is 0 Å². The molecule has 0 spiro atoms. The monoisotopic (exact) mass is 351 g/mol. The van der Waals surface area contributed by atoms with E-state index in [9.17, 15) is 4.79 Å².